The van der Waals surface area contributed by atoms with E-state index in [2.05, 4.69) is 18.7 Å². The minimum Gasteiger partial charge on any atom is -0.343 e. The Balaban J connectivity index is 1.83. The predicted octanol–water partition coefficient (Wildman–Crippen LogP) is 2.54. The maximum Gasteiger partial charge on any atom is 0.224 e. The first-order valence-electron chi connectivity index (χ1n) is 7.57. The summed E-state index contributed by atoms with van der Waals surface area (Å²) in [5.41, 5.74) is 6.01. The van der Waals surface area contributed by atoms with Crippen molar-refractivity contribution in [2.45, 2.75) is 64.3 Å². The van der Waals surface area contributed by atoms with E-state index in [9.17, 15) is 4.79 Å². The first-order chi connectivity index (χ1) is 8.50. The summed E-state index contributed by atoms with van der Waals surface area (Å²) in [5.74, 6) is 1.83. The second kappa shape index (κ2) is 5.60. The Morgan fingerprint density at radius 2 is 2.00 bits per heavy atom. The molecule has 1 amide bonds. The monoisotopic (exact) mass is 252 g/mol. The molecule has 2 rings (SSSR count). The highest BCUT2D eigenvalue weighted by Crippen LogP contribution is 2.33. The van der Waals surface area contributed by atoms with Gasteiger partial charge in [-0.25, -0.2) is 0 Å². The third kappa shape index (κ3) is 3.25. The molecule has 3 nitrogen and oxygen atoms in total. The summed E-state index contributed by atoms with van der Waals surface area (Å²) >= 11 is 0. The summed E-state index contributed by atoms with van der Waals surface area (Å²) in [6.07, 6.45) is 7.42. The van der Waals surface area contributed by atoms with Gasteiger partial charge in [-0.3, -0.25) is 4.79 Å². The van der Waals surface area contributed by atoms with Crippen LogP contribution in [0.2, 0.25) is 0 Å². The number of hydrogen-bond acceptors (Lipinski definition) is 2. The molecule has 0 radical (unpaired) electrons. The molecule has 1 atom stereocenters. The molecule has 0 aromatic rings. The molecule has 104 valence electrons. The van der Waals surface area contributed by atoms with Crippen LogP contribution >= 0.6 is 0 Å². The third-order valence-electron chi connectivity index (χ3n) is 4.92. The van der Waals surface area contributed by atoms with Crippen LogP contribution in [0.4, 0.5) is 0 Å². The van der Waals surface area contributed by atoms with Crippen molar-refractivity contribution in [1.29, 1.82) is 0 Å². The number of nitrogens with zero attached hydrogens (tertiary/aromatic N) is 1. The van der Waals surface area contributed by atoms with Crippen LogP contribution in [0.5, 0.6) is 0 Å². The van der Waals surface area contributed by atoms with E-state index in [4.69, 9.17) is 5.73 Å². The molecule has 2 N–H and O–H groups in total. The van der Waals surface area contributed by atoms with Crippen LogP contribution in [0, 0.1) is 11.8 Å². The molecular weight excluding hydrogens is 224 g/mol. The average Bonchev–Trinajstić information content (AvgIpc) is 2.52. The van der Waals surface area contributed by atoms with E-state index in [1.807, 2.05) is 0 Å². The van der Waals surface area contributed by atoms with E-state index in [0.717, 1.165) is 44.2 Å². The lowest BCUT2D eigenvalue weighted by Gasteiger charge is -2.38. The highest BCUT2D eigenvalue weighted by Gasteiger charge is 2.36. The minimum absolute atomic E-state index is 0.166. The van der Waals surface area contributed by atoms with Crippen molar-refractivity contribution >= 4 is 5.91 Å². The molecule has 0 spiro atoms. The van der Waals surface area contributed by atoms with Crippen LogP contribution in [-0.2, 0) is 4.79 Å². The molecular formula is C15H28N2O. The van der Waals surface area contributed by atoms with Gasteiger partial charge >= 0.3 is 0 Å². The van der Waals surface area contributed by atoms with Crippen molar-refractivity contribution in [3.8, 4) is 0 Å². The fourth-order valence-corrected chi connectivity index (χ4v) is 3.26. The summed E-state index contributed by atoms with van der Waals surface area (Å²) in [7, 11) is 0. The molecule has 1 heterocycles. The predicted molar refractivity (Wildman–Crippen MR) is 74.1 cm³/mol. The molecule has 1 saturated heterocycles. The zero-order chi connectivity index (χ0) is 13.2. The summed E-state index contributed by atoms with van der Waals surface area (Å²) in [6, 6.07) is 0. The Bertz CT molecular complexity index is 297. The van der Waals surface area contributed by atoms with E-state index in [1.54, 1.807) is 0 Å². The number of nitrogens with two attached hydrogens (primary N) is 1. The van der Waals surface area contributed by atoms with Crippen molar-refractivity contribution < 1.29 is 4.79 Å². The Kier molecular flexibility index (Phi) is 4.31. The van der Waals surface area contributed by atoms with Gasteiger partial charge in [-0.1, -0.05) is 13.8 Å². The van der Waals surface area contributed by atoms with E-state index in [-0.39, 0.29) is 5.54 Å². The second-order valence-electron chi connectivity index (χ2n) is 6.71. The number of rotatable bonds is 3. The van der Waals surface area contributed by atoms with Gasteiger partial charge in [-0.15, -0.1) is 0 Å². The maximum absolute atomic E-state index is 12.3. The molecule has 1 saturated carbocycles. The largest absolute Gasteiger partial charge is 0.343 e. The van der Waals surface area contributed by atoms with Crippen molar-refractivity contribution in [3.63, 3.8) is 0 Å². The Hall–Kier alpha value is -0.570. The fraction of sp³-hybridized carbons (Fsp3) is 0.933. The minimum atomic E-state index is -0.166. The van der Waals surface area contributed by atoms with Gasteiger partial charge in [-0.05, 0) is 50.4 Å². The summed E-state index contributed by atoms with van der Waals surface area (Å²) in [5, 5.41) is 0. The van der Waals surface area contributed by atoms with Crippen LogP contribution < -0.4 is 5.73 Å². The van der Waals surface area contributed by atoms with Crippen LogP contribution in [0.1, 0.15) is 58.8 Å². The van der Waals surface area contributed by atoms with Gasteiger partial charge in [0.05, 0.1) is 0 Å². The lowest BCUT2D eigenvalue weighted by molar-refractivity contribution is -0.133. The highest BCUT2D eigenvalue weighted by molar-refractivity contribution is 5.77. The van der Waals surface area contributed by atoms with Gasteiger partial charge < -0.3 is 10.6 Å². The zero-order valence-electron chi connectivity index (χ0n) is 12.0. The second-order valence-corrected chi connectivity index (χ2v) is 6.71. The first kappa shape index (κ1) is 13.9. The van der Waals surface area contributed by atoms with Crippen molar-refractivity contribution in [2.75, 3.05) is 13.1 Å². The van der Waals surface area contributed by atoms with Gasteiger partial charge in [0.2, 0.25) is 5.91 Å². The first-order valence-corrected chi connectivity index (χ1v) is 7.57. The Morgan fingerprint density at radius 3 is 2.56 bits per heavy atom. The number of likely N-dealkylation sites (tertiary alicyclic amines) is 1. The third-order valence-corrected chi connectivity index (χ3v) is 4.92. The Labute approximate surface area is 111 Å². The van der Waals surface area contributed by atoms with Gasteiger partial charge in [0.1, 0.15) is 0 Å². The van der Waals surface area contributed by atoms with Crippen LogP contribution in [0.25, 0.3) is 0 Å². The van der Waals surface area contributed by atoms with Gasteiger partial charge in [0.15, 0.2) is 0 Å². The van der Waals surface area contributed by atoms with Crippen LogP contribution in [-0.4, -0.2) is 29.4 Å². The van der Waals surface area contributed by atoms with Crippen LogP contribution in [0.15, 0.2) is 0 Å². The SMILES string of the molecule is CC(C)C1CCCN(C(=O)CC2(N)CCC2)CC1. The van der Waals surface area contributed by atoms with Gasteiger partial charge in [-0.2, -0.15) is 0 Å². The average molecular weight is 252 g/mol. The molecule has 3 heteroatoms. The normalized spacial score (nSPS) is 27.8. The smallest absolute Gasteiger partial charge is 0.224 e. The lowest BCUT2D eigenvalue weighted by Crippen LogP contribution is -2.50. The van der Waals surface area contributed by atoms with Crippen molar-refractivity contribution in [2.24, 2.45) is 17.6 Å². The van der Waals surface area contributed by atoms with Crippen molar-refractivity contribution in [1.82, 2.24) is 4.90 Å². The molecule has 18 heavy (non-hydrogen) atoms. The van der Waals surface area contributed by atoms with E-state index < -0.39 is 0 Å². The lowest BCUT2D eigenvalue weighted by atomic mass is 9.75. The van der Waals surface area contributed by atoms with E-state index in [1.165, 1.54) is 19.3 Å². The van der Waals surface area contributed by atoms with E-state index >= 15 is 0 Å². The van der Waals surface area contributed by atoms with E-state index in [0.29, 0.717) is 12.3 Å². The molecule has 0 aromatic heterocycles. The number of hydrogen-bond donors (Lipinski definition) is 1. The quantitative estimate of drug-likeness (QED) is 0.839. The highest BCUT2D eigenvalue weighted by atomic mass is 16.2. The molecule has 0 bridgehead atoms. The topological polar surface area (TPSA) is 46.3 Å². The molecule has 2 fully saturated rings. The molecule has 1 aliphatic carbocycles. The summed E-state index contributed by atoms with van der Waals surface area (Å²) in [6.45, 7) is 6.48. The summed E-state index contributed by atoms with van der Waals surface area (Å²) < 4.78 is 0. The standard InChI is InChI=1S/C15H28N2O/c1-12(2)13-5-3-9-17(10-6-13)14(18)11-15(16)7-4-8-15/h12-13H,3-11,16H2,1-2H3. The molecule has 1 unspecified atom stereocenters. The van der Waals surface area contributed by atoms with Gasteiger partial charge in [0, 0.05) is 25.0 Å². The zero-order valence-corrected chi connectivity index (χ0v) is 12.0. The maximum atomic E-state index is 12.3. The number of carbonyl (C=O) groups excluding carboxylic acids is 1. The fourth-order valence-electron chi connectivity index (χ4n) is 3.26. The summed E-state index contributed by atoms with van der Waals surface area (Å²) in [4.78, 5) is 14.3. The number of carbonyl (C=O) groups is 1. The van der Waals surface area contributed by atoms with Crippen molar-refractivity contribution in [3.05, 3.63) is 0 Å². The molecule has 0 aromatic carbocycles. The molecule has 1 aliphatic heterocycles. The van der Waals surface area contributed by atoms with Crippen LogP contribution in [0.3, 0.4) is 0 Å². The Morgan fingerprint density at radius 1 is 1.28 bits per heavy atom. The molecule has 2 aliphatic rings. The van der Waals surface area contributed by atoms with Gasteiger partial charge in [0.25, 0.3) is 0 Å². The number of amides is 1.